The van der Waals surface area contributed by atoms with Gasteiger partial charge in [0.1, 0.15) is 0 Å². The molecule has 3 nitrogen and oxygen atoms in total. The molecule has 3 heteroatoms. The summed E-state index contributed by atoms with van der Waals surface area (Å²) in [7, 11) is 0. The first kappa shape index (κ1) is 13.5. The van der Waals surface area contributed by atoms with Crippen LogP contribution in [0.3, 0.4) is 0 Å². The molecule has 0 aliphatic heterocycles. The van der Waals surface area contributed by atoms with E-state index in [1.165, 1.54) is 12.8 Å². The lowest BCUT2D eigenvalue weighted by atomic mass is 10.2. The van der Waals surface area contributed by atoms with E-state index in [1.807, 2.05) is 29.0 Å². The highest BCUT2D eigenvalue weighted by atomic mass is 15.3. The van der Waals surface area contributed by atoms with Gasteiger partial charge in [0.2, 0.25) is 0 Å². The van der Waals surface area contributed by atoms with Gasteiger partial charge < -0.3 is 0 Å². The molecule has 1 heterocycles. The molecule has 0 aliphatic carbocycles. The van der Waals surface area contributed by atoms with Crippen molar-refractivity contribution in [2.75, 3.05) is 0 Å². The van der Waals surface area contributed by atoms with Crippen LogP contribution in [0.15, 0.2) is 43.0 Å². The lowest BCUT2D eigenvalue weighted by Crippen LogP contribution is -2.03. The Morgan fingerprint density at radius 2 is 2.00 bits per heavy atom. The van der Waals surface area contributed by atoms with Gasteiger partial charge in [0.25, 0.3) is 0 Å². The lowest BCUT2D eigenvalue weighted by Gasteiger charge is -2.05. The Labute approximate surface area is 115 Å². The first-order valence-corrected chi connectivity index (χ1v) is 6.95. The summed E-state index contributed by atoms with van der Waals surface area (Å²) >= 11 is 0. The highest BCUT2D eigenvalue weighted by Gasteiger charge is 2.10. The highest BCUT2D eigenvalue weighted by Crippen LogP contribution is 2.18. The Balaban J connectivity index is 2.26. The molecule has 1 aromatic heterocycles. The molecule has 0 fully saturated rings. The zero-order chi connectivity index (χ0) is 13.5. The minimum Gasteiger partial charge on any atom is -0.246 e. The molecule has 100 valence electrons. The van der Waals surface area contributed by atoms with Crippen LogP contribution >= 0.6 is 0 Å². The molecule has 1 aromatic carbocycles. The van der Waals surface area contributed by atoms with Crippen LogP contribution in [-0.4, -0.2) is 14.8 Å². The molecule has 0 atom stereocenters. The van der Waals surface area contributed by atoms with E-state index in [9.17, 15) is 0 Å². The molecule has 0 aliphatic rings. The van der Waals surface area contributed by atoms with Gasteiger partial charge in [0.05, 0.1) is 0 Å². The maximum absolute atomic E-state index is 4.63. The predicted octanol–water partition coefficient (Wildman–Crippen LogP) is 3.86. The van der Waals surface area contributed by atoms with E-state index in [4.69, 9.17) is 0 Å². The van der Waals surface area contributed by atoms with E-state index in [2.05, 4.69) is 35.7 Å². The molecule has 0 unspecified atom stereocenters. The number of nitrogens with zero attached hydrogens (tertiary/aromatic N) is 3. The third-order valence-electron chi connectivity index (χ3n) is 3.05. The summed E-state index contributed by atoms with van der Waals surface area (Å²) in [6, 6.07) is 10.3. The Bertz CT molecular complexity index is 514. The second-order valence-electron chi connectivity index (χ2n) is 4.64. The molecule has 2 aromatic rings. The summed E-state index contributed by atoms with van der Waals surface area (Å²) in [5, 5.41) is 4.58. The Kier molecular flexibility index (Phi) is 4.90. The van der Waals surface area contributed by atoms with Crippen molar-refractivity contribution in [3.05, 3.63) is 48.8 Å². The van der Waals surface area contributed by atoms with Crippen molar-refractivity contribution < 1.29 is 0 Å². The smallest absolute Gasteiger partial charge is 0.158 e. The topological polar surface area (TPSA) is 30.7 Å². The van der Waals surface area contributed by atoms with Crippen molar-refractivity contribution in [2.45, 2.75) is 39.2 Å². The third kappa shape index (κ3) is 3.53. The van der Waals surface area contributed by atoms with Crippen LogP contribution in [-0.2, 0) is 13.0 Å². The van der Waals surface area contributed by atoms with Crippen LogP contribution in [0, 0.1) is 0 Å². The first-order chi connectivity index (χ1) is 9.35. The van der Waals surface area contributed by atoms with Gasteiger partial charge in [-0.15, -0.1) is 6.58 Å². The first-order valence-electron chi connectivity index (χ1n) is 6.95. The van der Waals surface area contributed by atoms with E-state index in [0.717, 1.165) is 36.6 Å². The summed E-state index contributed by atoms with van der Waals surface area (Å²) in [4.78, 5) is 4.63. The highest BCUT2D eigenvalue weighted by molar-refractivity contribution is 5.54. The molecule has 0 saturated carbocycles. The zero-order valence-corrected chi connectivity index (χ0v) is 11.5. The molecule has 19 heavy (non-hydrogen) atoms. The zero-order valence-electron chi connectivity index (χ0n) is 11.5. The van der Waals surface area contributed by atoms with Crippen LogP contribution in [0.4, 0.5) is 0 Å². The predicted molar refractivity (Wildman–Crippen MR) is 78.9 cm³/mol. The average molecular weight is 255 g/mol. The van der Waals surface area contributed by atoms with Crippen molar-refractivity contribution in [1.29, 1.82) is 0 Å². The molecule has 0 saturated heterocycles. The second-order valence-corrected chi connectivity index (χ2v) is 4.64. The van der Waals surface area contributed by atoms with Crippen LogP contribution in [0.5, 0.6) is 0 Å². The fourth-order valence-electron chi connectivity index (χ4n) is 2.07. The molecular formula is C16H21N3. The fraction of sp³-hybridized carbons (Fsp3) is 0.375. The number of aryl methyl sites for hydroxylation is 1. The number of aromatic nitrogens is 3. The Morgan fingerprint density at radius 1 is 1.21 bits per heavy atom. The van der Waals surface area contributed by atoms with Crippen molar-refractivity contribution in [1.82, 2.24) is 14.8 Å². The average Bonchev–Trinajstić information content (AvgIpc) is 2.84. The number of hydrogen-bond acceptors (Lipinski definition) is 2. The van der Waals surface area contributed by atoms with Gasteiger partial charge >= 0.3 is 0 Å². The molecule has 2 rings (SSSR count). The molecule has 0 radical (unpaired) electrons. The van der Waals surface area contributed by atoms with Crippen LogP contribution in [0.1, 0.15) is 32.0 Å². The molecule has 0 amide bonds. The van der Waals surface area contributed by atoms with E-state index in [-0.39, 0.29) is 0 Å². The van der Waals surface area contributed by atoms with Crippen molar-refractivity contribution in [2.24, 2.45) is 0 Å². The summed E-state index contributed by atoms with van der Waals surface area (Å²) in [5.74, 6) is 1.82. The van der Waals surface area contributed by atoms with Gasteiger partial charge in [-0.2, -0.15) is 5.10 Å². The normalized spacial score (nSPS) is 10.6. The number of allylic oxidation sites excluding steroid dienone is 1. The van der Waals surface area contributed by atoms with E-state index in [1.54, 1.807) is 0 Å². The van der Waals surface area contributed by atoms with Crippen LogP contribution in [0.25, 0.3) is 11.4 Å². The van der Waals surface area contributed by atoms with Gasteiger partial charge in [-0.3, -0.25) is 0 Å². The van der Waals surface area contributed by atoms with Gasteiger partial charge in [-0.1, -0.05) is 56.2 Å². The minimum atomic E-state index is 0.723. The molecular weight excluding hydrogens is 234 g/mol. The van der Waals surface area contributed by atoms with E-state index < -0.39 is 0 Å². The van der Waals surface area contributed by atoms with E-state index in [0.29, 0.717) is 0 Å². The van der Waals surface area contributed by atoms with Gasteiger partial charge in [-0.05, 0) is 6.42 Å². The third-order valence-corrected chi connectivity index (χ3v) is 3.05. The van der Waals surface area contributed by atoms with Crippen molar-refractivity contribution >= 4 is 0 Å². The van der Waals surface area contributed by atoms with Crippen LogP contribution in [0.2, 0.25) is 0 Å². The van der Waals surface area contributed by atoms with Gasteiger partial charge in [0, 0.05) is 18.5 Å². The summed E-state index contributed by atoms with van der Waals surface area (Å²) in [5.41, 5.74) is 1.13. The maximum atomic E-state index is 4.63. The largest absolute Gasteiger partial charge is 0.246 e. The monoisotopic (exact) mass is 255 g/mol. The minimum absolute atomic E-state index is 0.723. The summed E-state index contributed by atoms with van der Waals surface area (Å²) < 4.78 is 2.03. The molecule has 0 bridgehead atoms. The Hall–Kier alpha value is -1.90. The Morgan fingerprint density at radius 3 is 2.68 bits per heavy atom. The van der Waals surface area contributed by atoms with Crippen molar-refractivity contribution in [3.8, 4) is 11.4 Å². The maximum Gasteiger partial charge on any atom is 0.158 e. The quantitative estimate of drug-likeness (QED) is 0.555. The lowest BCUT2D eigenvalue weighted by molar-refractivity contribution is 0.553. The van der Waals surface area contributed by atoms with Crippen LogP contribution < -0.4 is 0 Å². The van der Waals surface area contributed by atoms with Crippen molar-refractivity contribution in [3.63, 3.8) is 0 Å². The van der Waals surface area contributed by atoms with Gasteiger partial charge in [0.15, 0.2) is 11.6 Å². The summed E-state index contributed by atoms with van der Waals surface area (Å²) in [6.07, 6.45) is 6.16. The standard InChI is InChI=1S/C16H21N3/c1-3-5-9-13-19-16(14-11-7-6-8-12-14)17-15(18-19)10-4-2/h4,6-8,11-12H,2-3,5,9-10,13H2,1H3. The summed E-state index contributed by atoms with van der Waals surface area (Å²) in [6.45, 7) is 6.90. The SMILES string of the molecule is C=CCc1nc(-c2ccccc2)n(CCCCC)n1. The van der Waals surface area contributed by atoms with Gasteiger partial charge in [-0.25, -0.2) is 9.67 Å². The molecule has 0 N–H and O–H groups in total. The second kappa shape index (κ2) is 6.88. The number of unbranched alkanes of at least 4 members (excludes halogenated alkanes) is 2. The number of rotatable bonds is 7. The fourth-order valence-corrected chi connectivity index (χ4v) is 2.07. The van der Waals surface area contributed by atoms with E-state index >= 15 is 0 Å². The number of benzene rings is 1. The number of hydrogen-bond donors (Lipinski definition) is 0. The molecule has 0 spiro atoms.